The lowest BCUT2D eigenvalue weighted by Crippen LogP contribution is -2.40. The zero-order valence-corrected chi connectivity index (χ0v) is 8.59. The molecule has 1 saturated heterocycles. The minimum Gasteiger partial charge on any atom is -0.508 e. The third-order valence-corrected chi connectivity index (χ3v) is 3.14. The van der Waals surface area contributed by atoms with Crippen molar-refractivity contribution in [3.63, 3.8) is 0 Å². The summed E-state index contributed by atoms with van der Waals surface area (Å²) >= 11 is 0. The van der Waals surface area contributed by atoms with E-state index in [1.165, 1.54) is 18.4 Å². The van der Waals surface area contributed by atoms with Crippen molar-refractivity contribution in [1.82, 2.24) is 5.32 Å². The van der Waals surface area contributed by atoms with Crippen LogP contribution in [0.1, 0.15) is 25.3 Å². The van der Waals surface area contributed by atoms with Crippen LogP contribution in [0.25, 0.3) is 0 Å². The van der Waals surface area contributed by atoms with Crippen molar-refractivity contribution in [3.8, 4) is 5.75 Å². The maximum absolute atomic E-state index is 9.44. The number of phenolic OH excluding ortho intramolecular Hbond substituents is 1. The zero-order valence-electron chi connectivity index (χ0n) is 8.59. The molecule has 2 N–H and O–H groups in total. The normalized spacial score (nSPS) is 27.5. The molecule has 0 aromatic heterocycles. The van der Waals surface area contributed by atoms with E-state index >= 15 is 0 Å². The number of benzene rings is 1. The lowest BCUT2D eigenvalue weighted by Gasteiger charge is -2.34. The maximum Gasteiger partial charge on any atom is 0.115 e. The van der Waals surface area contributed by atoms with Crippen LogP contribution in [0, 0.1) is 0 Å². The van der Waals surface area contributed by atoms with E-state index in [1.54, 1.807) is 6.07 Å². The second kappa shape index (κ2) is 3.62. The average molecular weight is 191 g/mol. The average Bonchev–Trinajstić information content (AvgIpc) is 2.19. The summed E-state index contributed by atoms with van der Waals surface area (Å²) in [7, 11) is 0. The molecule has 76 valence electrons. The Kier molecular flexibility index (Phi) is 2.46. The van der Waals surface area contributed by atoms with Crippen molar-refractivity contribution in [2.24, 2.45) is 0 Å². The molecule has 1 unspecified atom stereocenters. The van der Waals surface area contributed by atoms with Gasteiger partial charge in [0.1, 0.15) is 5.75 Å². The van der Waals surface area contributed by atoms with Crippen LogP contribution in [0.3, 0.4) is 0 Å². The Labute approximate surface area is 85.0 Å². The smallest absolute Gasteiger partial charge is 0.115 e. The van der Waals surface area contributed by atoms with Crippen LogP contribution in [0.15, 0.2) is 24.3 Å². The predicted molar refractivity (Wildman–Crippen MR) is 57.6 cm³/mol. The lowest BCUT2D eigenvalue weighted by molar-refractivity contribution is 0.338. The highest BCUT2D eigenvalue weighted by Crippen LogP contribution is 2.31. The van der Waals surface area contributed by atoms with Gasteiger partial charge in [-0.3, -0.25) is 0 Å². The highest BCUT2D eigenvalue weighted by molar-refractivity contribution is 5.33. The van der Waals surface area contributed by atoms with E-state index in [-0.39, 0.29) is 5.41 Å². The molecule has 0 saturated carbocycles. The summed E-state index contributed by atoms with van der Waals surface area (Å²) < 4.78 is 0. The molecule has 1 atom stereocenters. The predicted octanol–water partition coefficient (Wildman–Crippen LogP) is 2.03. The summed E-state index contributed by atoms with van der Waals surface area (Å²) in [5.41, 5.74) is 1.43. The van der Waals surface area contributed by atoms with Gasteiger partial charge in [-0.2, -0.15) is 0 Å². The summed E-state index contributed by atoms with van der Waals surface area (Å²) in [6.45, 7) is 4.39. The van der Waals surface area contributed by atoms with Gasteiger partial charge in [0.2, 0.25) is 0 Å². The Morgan fingerprint density at radius 2 is 2.29 bits per heavy atom. The number of hydrogen-bond acceptors (Lipinski definition) is 2. The highest BCUT2D eigenvalue weighted by Gasteiger charge is 2.28. The molecule has 1 aliphatic heterocycles. The molecule has 1 fully saturated rings. The van der Waals surface area contributed by atoms with E-state index in [1.807, 2.05) is 12.1 Å². The minimum absolute atomic E-state index is 0.191. The molecule has 1 aromatic carbocycles. The van der Waals surface area contributed by atoms with Crippen LogP contribution >= 0.6 is 0 Å². The second-order valence-electron chi connectivity index (χ2n) is 4.39. The summed E-state index contributed by atoms with van der Waals surface area (Å²) in [6, 6.07) is 7.63. The summed E-state index contributed by atoms with van der Waals surface area (Å²) in [5.74, 6) is 0.370. The number of aromatic hydroxyl groups is 1. The fourth-order valence-electron chi connectivity index (χ4n) is 2.18. The first-order chi connectivity index (χ1) is 6.71. The SMILES string of the molecule is CC1(c2cccc(O)c2)CCCNC1. The van der Waals surface area contributed by atoms with Crippen molar-refractivity contribution in [2.75, 3.05) is 13.1 Å². The minimum atomic E-state index is 0.191. The summed E-state index contributed by atoms with van der Waals surface area (Å²) in [5, 5.41) is 12.8. The number of phenols is 1. The zero-order chi connectivity index (χ0) is 10.0. The van der Waals surface area contributed by atoms with Crippen molar-refractivity contribution >= 4 is 0 Å². The van der Waals surface area contributed by atoms with Gasteiger partial charge in [-0.05, 0) is 37.1 Å². The number of hydrogen-bond donors (Lipinski definition) is 2. The first-order valence-corrected chi connectivity index (χ1v) is 5.21. The van der Waals surface area contributed by atoms with Crippen molar-refractivity contribution in [1.29, 1.82) is 0 Å². The Balaban J connectivity index is 2.28. The molecule has 2 rings (SSSR count). The molecule has 0 aliphatic carbocycles. The molecule has 1 aromatic rings. The Bertz CT molecular complexity index is 316. The molecule has 1 aliphatic rings. The molecule has 14 heavy (non-hydrogen) atoms. The molecule has 0 bridgehead atoms. The lowest BCUT2D eigenvalue weighted by atomic mass is 9.76. The molecule has 0 amide bonds. The molecule has 1 heterocycles. The van der Waals surface area contributed by atoms with E-state index in [0.29, 0.717) is 5.75 Å². The Hall–Kier alpha value is -1.02. The quantitative estimate of drug-likeness (QED) is 0.712. The molecule has 0 radical (unpaired) electrons. The van der Waals surface area contributed by atoms with E-state index in [2.05, 4.69) is 18.3 Å². The third-order valence-electron chi connectivity index (χ3n) is 3.14. The third kappa shape index (κ3) is 1.75. The maximum atomic E-state index is 9.44. The van der Waals surface area contributed by atoms with Crippen LogP contribution in [0.5, 0.6) is 5.75 Å². The van der Waals surface area contributed by atoms with Crippen LogP contribution in [-0.4, -0.2) is 18.2 Å². The second-order valence-corrected chi connectivity index (χ2v) is 4.39. The van der Waals surface area contributed by atoms with Gasteiger partial charge in [0.05, 0.1) is 0 Å². The largest absolute Gasteiger partial charge is 0.508 e. The molecular formula is C12H17NO. The molecule has 2 nitrogen and oxygen atoms in total. The Morgan fingerprint density at radius 1 is 1.43 bits per heavy atom. The number of nitrogens with one attached hydrogen (secondary N) is 1. The van der Waals surface area contributed by atoms with Crippen LogP contribution < -0.4 is 5.32 Å². The molecule has 0 spiro atoms. The fourth-order valence-corrected chi connectivity index (χ4v) is 2.18. The number of piperidine rings is 1. The molecular weight excluding hydrogens is 174 g/mol. The van der Waals surface area contributed by atoms with Crippen LogP contribution in [0.2, 0.25) is 0 Å². The van der Waals surface area contributed by atoms with E-state index in [0.717, 1.165) is 13.1 Å². The monoisotopic (exact) mass is 191 g/mol. The van der Waals surface area contributed by atoms with E-state index in [4.69, 9.17) is 0 Å². The summed E-state index contributed by atoms with van der Waals surface area (Å²) in [4.78, 5) is 0. The van der Waals surface area contributed by atoms with Gasteiger partial charge >= 0.3 is 0 Å². The fraction of sp³-hybridized carbons (Fsp3) is 0.500. The first-order valence-electron chi connectivity index (χ1n) is 5.21. The van der Waals surface area contributed by atoms with Crippen molar-refractivity contribution in [2.45, 2.75) is 25.2 Å². The van der Waals surface area contributed by atoms with Crippen LogP contribution in [-0.2, 0) is 5.41 Å². The van der Waals surface area contributed by atoms with Crippen LogP contribution in [0.4, 0.5) is 0 Å². The molecule has 2 heteroatoms. The van der Waals surface area contributed by atoms with Gasteiger partial charge in [-0.1, -0.05) is 19.1 Å². The van der Waals surface area contributed by atoms with E-state index < -0.39 is 0 Å². The summed E-state index contributed by atoms with van der Waals surface area (Å²) in [6.07, 6.45) is 2.41. The topological polar surface area (TPSA) is 32.3 Å². The van der Waals surface area contributed by atoms with E-state index in [9.17, 15) is 5.11 Å². The number of rotatable bonds is 1. The van der Waals surface area contributed by atoms with Crippen molar-refractivity contribution in [3.05, 3.63) is 29.8 Å². The van der Waals surface area contributed by atoms with Gasteiger partial charge in [-0.25, -0.2) is 0 Å². The highest BCUT2D eigenvalue weighted by atomic mass is 16.3. The van der Waals surface area contributed by atoms with Gasteiger partial charge in [0, 0.05) is 12.0 Å². The Morgan fingerprint density at radius 3 is 2.93 bits per heavy atom. The van der Waals surface area contributed by atoms with Crippen molar-refractivity contribution < 1.29 is 5.11 Å². The standard InChI is InChI=1S/C12H17NO/c1-12(6-3-7-13-9-12)10-4-2-5-11(14)8-10/h2,4-5,8,13-14H,3,6-7,9H2,1H3. The first kappa shape index (κ1) is 9.53. The van der Waals surface area contributed by atoms with Gasteiger partial charge in [-0.15, -0.1) is 0 Å². The van der Waals surface area contributed by atoms with Gasteiger partial charge in [0.25, 0.3) is 0 Å². The van der Waals surface area contributed by atoms with Gasteiger partial charge < -0.3 is 10.4 Å². The van der Waals surface area contributed by atoms with Gasteiger partial charge in [0.15, 0.2) is 0 Å².